The van der Waals surface area contributed by atoms with Gasteiger partial charge < -0.3 is 10.2 Å². The topological polar surface area (TPSA) is 19.1 Å². The van der Waals surface area contributed by atoms with Gasteiger partial charge in [-0.05, 0) is 79.1 Å². The van der Waals surface area contributed by atoms with Crippen molar-refractivity contribution < 1.29 is 4.57 Å². The van der Waals surface area contributed by atoms with Crippen LogP contribution in [0.5, 0.6) is 0 Å². The second-order valence-corrected chi connectivity index (χ2v) is 22.6. The summed E-state index contributed by atoms with van der Waals surface area (Å²) in [5.41, 5.74) is 14.6. The predicted molar refractivity (Wildman–Crippen MR) is 237 cm³/mol. The zero-order valence-corrected chi connectivity index (χ0v) is 35.1. The molecule has 54 heavy (non-hydrogen) atoms. The molecule has 0 fully saturated rings. The minimum atomic E-state index is -1.58. The Bertz CT molecular complexity index is 2180. The van der Waals surface area contributed by atoms with E-state index in [1.807, 2.05) is 0 Å². The van der Waals surface area contributed by atoms with E-state index in [4.69, 9.17) is 6.58 Å². The zero-order valence-electron chi connectivity index (χ0n) is 34.1. The molecule has 0 aliphatic carbocycles. The van der Waals surface area contributed by atoms with Gasteiger partial charge in [0.05, 0.1) is 25.9 Å². The highest BCUT2D eigenvalue weighted by molar-refractivity contribution is 6.88. The third-order valence-electron chi connectivity index (χ3n) is 11.0. The second kappa shape index (κ2) is 15.8. The van der Waals surface area contributed by atoms with Crippen molar-refractivity contribution in [3.63, 3.8) is 0 Å². The number of hydrogen-bond donors (Lipinski definition) is 1. The van der Waals surface area contributed by atoms with Crippen LogP contribution >= 0.6 is 0 Å². The fourth-order valence-electron chi connectivity index (χ4n) is 7.87. The monoisotopic (exact) mass is 730 g/mol. The van der Waals surface area contributed by atoms with Crippen LogP contribution < -0.4 is 20.0 Å². The first-order valence-electron chi connectivity index (χ1n) is 19.6. The number of hydrogen-bond acceptors (Lipinski definition) is 2. The lowest BCUT2D eigenvalue weighted by Crippen LogP contribution is -2.53. The van der Waals surface area contributed by atoms with Crippen molar-refractivity contribution >= 4 is 30.3 Å². The largest absolute Gasteiger partial charge is 0.353 e. The molecule has 1 aliphatic rings. The Hall–Kier alpha value is -4.93. The minimum absolute atomic E-state index is 0.0424. The average molecular weight is 731 g/mol. The Morgan fingerprint density at radius 3 is 2.20 bits per heavy atom. The number of nitrogens with zero attached hydrogens (tertiary/aromatic N) is 2. The number of fused-ring (bicyclic) bond motifs is 3. The summed E-state index contributed by atoms with van der Waals surface area (Å²) in [7, 11) is 0.600. The van der Waals surface area contributed by atoms with Gasteiger partial charge in [-0.2, -0.15) is 4.57 Å². The van der Waals surface area contributed by atoms with E-state index in [0.29, 0.717) is 5.92 Å². The molecule has 0 bridgehead atoms. The molecule has 1 aliphatic heterocycles. The van der Waals surface area contributed by atoms with E-state index in [-0.39, 0.29) is 11.5 Å². The summed E-state index contributed by atoms with van der Waals surface area (Å²) in [6.07, 6.45) is 7.52. The Kier molecular flexibility index (Phi) is 11.4. The summed E-state index contributed by atoms with van der Waals surface area (Å²) in [4.78, 5) is 2.30. The minimum Gasteiger partial charge on any atom is -0.353 e. The molecule has 0 saturated carbocycles. The molecule has 2 unspecified atom stereocenters. The first-order valence-corrected chi connectivity index (χ1v) is 23.1. The van der Waals surface area contributed by atoms with Crippen LogP contribution in [0.4, 0.5) is 17.1 Å². The van der Waals surface area contributed by atoms with Crippen molar-refractivity contribution in [1.29, 1.82) is 0 Å². The van der Waals surface area contributed by atoms with Gasteiger partial charge in [0.1, 0.15) is 0 Å². The van der Waals surface area contributed by atoms with Crippen molar-refractivity contribution in [2.24, 2.45) is 0 Å². The molecule has 0 spiro atoms. The number of para-hydroxylation sites is 2. The molecule has 278 valence electrons. The lowest BCUT2D eigenvalue weighted by molar-refractivity contribution is -0.717. The van der Waals surface area contributed by atoms with E-state index in [0.717, 1.165) is 42.0 Å². The number of nitrogens with one attached hydrogen (secondary N) is 1. The molecular formula is C50H60N3Si+. The summed E-state index contributed by atoms with van der Waals surface area (Å²) < 4.78 is 2.61. The molecule has 5 aromatic rings. The van der Waals surface area contributed by atoms with Crippen LogP contribution in [-0.4, -0.2) is 15.1 Å². The van der Waals surface area contributed by atoms with E-state index in [2.05, 4.69) is 204 Å². The van der Waals surface area contributed by atoms with E-state index >= 15 is 0 Å². The maximum absolute atomic E-state index is 4.81. The van der Waals surface area contributed by atoms with Crippen LogP contribution in [0.25, 0.3) is 22.4 Å². The lowest BCUT2D eigenvalue weighted by Gasteiger charge is -2.34. The van der Waals surface area contributed by atoms with Crippen molar-refractivity contribution in [2.75, 3.05) is 17.3 Å². The Labute approximate surface area is 326 Å². The quantitative estimate of drug-likeness (QED) is 0.0783. The molecule has 2 atom stereocenters. The van der Waals surface area contributed by atoms with E-state index in [1.165, 1.54) is 49.8 Å². The molecule has 0 amide bonds. The van der Waals surface area contributed by atoms with Crippen LogP contribution in [0, 0.1) is 0 Å². The second-order valence-electron chi connectivity index (χ2n) is 17.5. The lowest BCUT2D eigenvalue weighted by atomic mass is 9.78. The number of benzene rings is 4. The Balaban J connectivity index is 1.37. The average Bonchev–Trinajstić information content (AvgIpc) is 3.13. The highest BCUT2D eigenvalue weighted by Gasteiger charge is 2.41. The molecule has 1 N–H and O–H groups in total. The van der Waals surface area contributed by atoms with Crippen molar-refractivity contribution in [1.82, 2.24) is 0 Å². The zero-order chi connectivity index (χ0) is 38.8. The SMILES string of the molecule is C=C(C=C(C)C)CCC1c2ccccc2-c2ccc([Si](C)(C)C)c[n+]2C1CC(=C)N(C)c1ccccc1Nc1ccc(C(C)(C)C)cc1-c1ccccc1. The van der Waals surface area contributed by atoms with E-state index < -0.39 is 8.07 Å². The summed E-state index contributed by atoms with van der Waals surface area (Å²) in [5, 5.41) is 5.34. The normalized spacial score (nSPS) is 15.1. The first kappa shape index (κ1) is 38.8. The first-order chi connectivity index (χ1) is 25.6. The van der Waals surface area contributed by atoms with Crippen molar-refractivity contribution in [2.45, 2.75) is 90.9 Å². The number of allylic oxidation sites excluding steroid dienone is 4. The molecule has 3 nitrogen and oxygen atoms in total. The van der Waals surface area contributed by atoms with Gasteiger partial charge in [0.15, 0.2) is 12.2 Å². The standard InChI is InChI=1S/C50H60N3Si/c1-35(2)31-36(3)25-28-43-41-21-15-16-22-42(41)47-30-27-40(54(9,10)11)34-53(47)49(43)32-37(4)52(8)48-24-18-17-23-46(48)51-45-29-26-39(50(5,6)7)33-44(45)38-19-13-12-14-20-38/h12-24,26-27,29-31,33-34,43,49,51H,3-4,25,28,32H2,1-2,5-11H3/q+1. The molecule has 6 rings (SSSR count). The number of aromatic nitrogens is 1. The third-order valence-corrected chi connectivity index (χ3v) is 13.0. The molecule has 0 saturated heterocycles. The molecule has 2 heterocycles. The van der Waals surface area contributed by atoms with Gasteiger partial charge in [0.2, 0.25) is 5.69 Å². The van der Waals surface area contributed by atoms with E-state index in [9.17, 15) is 0 Å². The van der Waals surface area contributed by atoms with Gasteiger partial charge in [0, 0.05) is 46.7 Å². The van der Waals surface area contributed by atoms with Gasteiger partial charge in [-0.3, -0.25) is 0 Å². The highest BCUT2D eigenvalue weighted by atomic mass is 28.3. The molecule has 4 heteroatoms. The van der Waals surface area contributed by atoms with Gasteiger partial charge in [-0.1, -0.05) is 144 Å². The molecule has 1 aromatic heterocycles. The van der Waals surface area contributed by atoms with Crippen LogP contribution in [-0.2, 0) is 5.41 Å². The number of pyridine rings is 1. The maximum Gasteiger partial charge on any atom is 0.213 e. The highest BCUT2D eigenvalue weighted by Crippen LogP contribution is 2.44. The Morgan fingerprint density at radius 1 is 0.815 bits per heavy atom. The van der Waals surface area contributed by atoms with Gasteiger partial charge in [-0.25, -0.2) is 0 Å². The molecular weight excluding hydrogens is 671 g/mol. The van der Waals surface area contributed by atoms with Crippen LogP contribution in [0.1, 0.15) is 77.0 Å². The fraction of sp³-hybridized carbons (Fsp3) is 0.300. The van der Waals surface area contributed by atoms with Gasteiger partial charge >= 0.3 is 0 Å². The van der Waals surface area contributed by atoms with E-state index in [1.54, 1.807) is 0 Å². The summed E-state index contributed by atoms with van der Waals surface area (Å²) >= 11 is 0. The summed E-state index contributed by atoms with van der Waals surface area (Å²) in [6, 6.07) is 40.2. The van der Waals surface area contributed by atoms with Crippen LogP contribution in [0.2, 0.25) is 19.6 Å². The van der Waals surface area contributed by atoms with Crippen molar-refractivity contribution in [3.05, 3.63) is 163 Å². The maximum atomic E-state index is 4.81. The summed E-state index contributed by atoms with van der Waals surface area (Å²) in [5.74, 6) is 0.311. The number of rotatable bonds is 12. The van der Waals surface area contributed by atoms with Gasteiger partial charge in [0.25, 0.3) is 0 Å². The fourth-order valence-corrected chi connectivity index (χ4v) is 8.98. The van der Waals surface area contributed by atoms with Gasteiger partial charge in [-0.15, -0.1) is 0 Å². The van der Waals surface area contributed by atoms with Crippen molar-refractivity contribution in [3.8, 4) is 22.4 Å². The molecule has 0 radical (unpaired) electrons. The van der Waals surface area contributed by atoms with Crippen LogP contribution in [0.3, 0.4) is 0 Å². The molecule has 4 aromatic carbocycles. The number of anilines is 3. The Morgan fingerprint density at radius 2 is 1.50 bits per heavy atom. The third kappa shape index (κ3) is 8.55. The summed E-state index contributed by atoms with van der Waals surface area (Å²) in [6.45, 7) is 27.7. The predicted octanol–water partition coefficient (Wildman–Crippen LogP) is 12.9. The van der Waals surface area contributed by atoms with Crippen LogP contribution in [0.15, 0.2) is 151 Å². The smallest absolute Gasteiger partial charge is 0.213 e.